The van der Waals surface area contributed by atoms with Crippen molar-refractivity contribution in [3.8, 4) is 23.3 Å². The van der Waals surface area contributed by atoms with Gasteiger partial charge in [0.25, 0.3) is 5.91 Å². The molecule has 0 saturated heterocycles. The van der Waals surface area contributed by atoms with Crippen molar-refractivity contribution >= 4 is 16.8 Å². The van der Waals surface area contributed by atoms with E-state index in [2.05, 4.69) is 15.3 Å². The van der Waals surface area contributed by atoms with Gasteiger partial charge < -0.3 is 14.8 Å². The van der Waals surface area contributed by atoms with Crippen LogP contribution in [0.25, 0.3) is 10.9 Å². The Morgan fingerprint density at radius 3 is 2.72 bits per heavy atom. The molecule has 1 N–H and O–H groups in total. The normalized spacial score (nSPS) is 10.4. The van der Waals surface area contributed by atoms with E-state index in [0.717, 1.165) is 22.0 Å². The largest absolute Gasteiger partial charge is 0.497 e. The summed E-state index contributed by atoms with van der Waals surface area (Å²) in [5.74, 6) is 1.71. The van der Waals surface area contributed by atoms with Gasteiger partial charge in [-0.2, -0.15) is 5.26 Å². The minimum atomic E-state index is -0.229. The lowest BCUT2D eigenvalue weighted by Gasteiger charge is -2.14. The van der Waals surface area contributed by atoms with Crippen LogP contribution < -0.4 is 14.8 Å². The Bertz CT molecular complexity index is 1340. The van der Waals surface area contributed by atoms with Crippen LogP contribution in [0.3, 0.4) is 0 Å². The first-order valence-electron chi connectivity index (χ1n) is 9.92. The van der Waals surface area contributed by atoms with Crippen LogP contribution in [0, 0.1) is 18.3 Å². The molecular formula is C25H20N4O3. The Morgan fingerprint density at radius 1 is 1.06 bits per heavy atom. The third-order valence-electron chi connectivity index (χ3n) is 5.05. The van der Waals surface area contributed by atoms with Gasteiger partial charge in [-0.05, 0) is 55.0 Å². The summed E-state index contributed by atoms with van der Waals surface area (Å²) in [7, 11) is 1.61. The average Bonchev–Trinajstić information content (AvgIpc) is 2.83. The van der Waals surface area contributed by atoms with E-state index in [1.165, 1.54) is 0 Å². The van der Waals surface area contributed by atoms with Gasteiger partial charge in [-0.25, -0.2) is 4.98 Å². The number of nitrogens with zero attached hydrogens (tertiary/aromatic N) is 3. The summed E-state index contributed by atoms with van der Waals surface area (Å²) < 4.78 is 11.4. The molecule has 1 amide bonds. The summed E-state index contributed by atoms with van der Waals surface area (Å²) in [5, 5.41) is 12.7. The maximum absolute atomic E-state index is 12.8. The molecule has 0 fully saturated rings. The molecule has 0 saturated carbocycles. The highest BCUT2D eigenvalue weighted by Crippen LogP contribution is 2.33. The SMILES string of the molecule is COc1ccc2c(Oc3cccc(C(=O)NCc4ccnc(C#N)c4)c3C)ccnc2c1. The van der Waals surface area contributed by atoms with Crippen LogP contribution in [0.2, 0.25) is 0 Å². The molecule has 4 rings (SSSR count). The van der Waals surface area contributed by atoms with Crippen LogP contribution >= 0.6 is 0 Å². The highest BCUT2D eigenvalue weighted by molar-refractivity contribution is 5.96. The average molecular weight is 424 g/mol. The number of benzene rings is 2. The van der Waals surface area contributed by atoms with Crippen molar-refractivity contribution in [1.29, 1.82) is 5.26 Å². The topological polar surface area (TPSA) is 97.1 Å². The molecule has 0 spiro atoms. The number of carbonyl (C=O) groups is 1. The molecule has 0 atom stereocenters. The first-order chi connectivity index (χ1) is 15.6. The molecule has 0 unspecified atom stereocenters. The summed E-state index contributed by atoms with van der Waals surface area (Å²) in [6.45, 7) is 2.13. The van der Waals surface area contributed by atoms with Gasteiger partial charge in [0.1, 0.15) is 29.0 Å². The van der Waals surface area contributed by atoms with Crippen molar-refractivity contribution in [3.63, 3.8) is 0 Å². The van der Waals surface area contributed by atoms with Crippen molar-refractivity contribution in [2.24, 2.45) is 0 Å². The molecule has 0 bridgehead atoms. The minimum absolute atomic E-state index is 0.229. The smallest absolute Gasteiger partial charge is 0.251 e. The minimum Gasteiger partial charge on any atom is -0.497 e. The lowest BCUT2D eigenvalue weighted by atomic mass is 10.1. The van der Waals surface area contributed by atoms with Crippen LogP contribution in [0.5, 0.6) is 17.2 Å². The number of nitrogens with one attached hydrogen (secondary N) is 1. The second-order valence-electron chi connectivity index (χ2n) is 7.07. The van der Waals surface area contributed by atoms with Gasteiger partial charge >= 0.3 is 0 Å². The quantitative estimate of drug-likeness (QED) is 0.488. The van der Waals surface area contributed by atoms with E-state index in [4.69, 9.17) is 14.7 Å². The number of carbonyl (C=O) groups excluding carboxylic acids is 1. The standard InChI is InChI=1S/C25H20N4O3/c1-16-20(25(30)29-15-17-8-10-27-18(12-17)14-26)4-3-5-23(16)32-24-9-11-28-22-13-19(31-2)6-7-21(22)24/h3-13H,15H2,1-2H3,(H,29,30). The van der Waals surface area contributed by atoms with Gasteiger partial charge in [0, 0.05) is 41.5 Å². The molecule has 4 aromatic rings. The molecule has 32 heavy (non-hydrogen) atoms. The summed E-state index contributed by atoms with van der Waals surface area (Å²) in [6, 6.07) is 18.1. The Kier molecular flexibility index (Phi) is 5.95. The van der Waals surface area contributed by atoms with Crippen LogP contribution in [0.1, 0.15) is 27.2 Å². The Labute approximate surface area is 185 Å². The molecule has 7 heteroatoms. The fourth-order valence-corrected chi connectivity index (χ4v) is 3.33. The van der Waals surface area contributed by atoms with Crippen LogP contribution in [-0.2, 0) is 6.54 Å². The molecule has 2 heterocycles. The highest BCUT2D eigenvalue weighted by atomic mass is 16.5. The van der Waals surface area contributed by atoms with E-state index in [0.29, 0.717) is 28.5 Å². The number of hydrogen-bond donors (Lipinski definition) is 1. The van der Waals surface area contributed by atoms with Crippen molar-refractivity contribution in [1.82, 2.24) is 15.3 Å². The number of amides is 1. The third-order valence-corrected chi connectivity index (χ3v) is 5.05. The van der Waals surface area contributed by atoms with Crippen molar-refractivity contribution in [2.75, 3.05) is 7.11 Å². The summed E-state index contributed by atoms with van der Waals surface area (Å²) in [5.41, 5.74) is 3.09. The zero-order valence-corrected chi connectivity index (χ0v) is 17.6. The number of pyridine rings is 2. The number of hydrogen-bond acceptors (Lipinski definition) is 6. The van der Waals surface area contributed by atoms with E-state index < -0.39 is 0 Å². The van der Waals surface area contributed by atoms with Crippen LogP contribution in [-0.4, -0.2) is 23.0 Å². The van der Waals surface area contributed by atoms with E-state index in [9.17, 15) is 4.79 Å². The van der Waals surface area contributed by atoms with E-state index in [1.807, 2.05) is 37.3 Å². The first-order valence-corrected chi connectivity index (χ1v) is 9.92. The van der Waals surface area contributed by atoms with E-state index in [1.54, 1.807) is 49.8 Å². The predicted octanol–water partition coefficient (Wildman–Crippen LogP) is 4.54. The summed E-state index contributed by atoms with van der Waals surface area (Å²) >= 11 is 0. The number of nitriles is 1. The second kappa shape index (κ2) is 9.14. The predicted molar refractivity (Wildman–Crippen MR) is 120 cm³/mol. The number of fused-ring (bicyclic) bond motifs is 1. The lowest BCUT2D eigenvalue weighted by molar-refractivity contribution is 0.0950. The molecule has 7 nitrogen and oxygen atoms in total. The van der Waals surface area contributed by atoms with Crippen molar-refractivity contribution in [2.45, 2.75) is 13.5 Å². The molecule has 158 valence electrons. The number of ether oxygens (including phenoxy) is 2. The zero-order valence-electron chi connectivity index (χ0n) is 17.6. The van der Waals surface area contributed by atoms with Gasteiger partial charge in [-0.1, -0.05) is 6.07 Å². The van der Waals surface area contributed by atoms with Crippen molar-refractivity contribution < 1.29 is 14.3 Å². The molecule has 0 aliphatic rings. The van der Waals surface area contributed by atoms with Gasteiger partial charge in [-0.15, -0.1) is 0 Å². The van der Waals surface area contributed by atoms with Gasteiger partial charge in [0.15, 0.2) is 0 Å². The molecule has 2 aromatic carbocycles. The number of rotatable bonds is 6. The molecule has 2 aromatic heterocycles. The second-order valence-corrected chi connectivity index (χ2v) is 7.07. The van der Waals surface area contributed by atoms with Gasteiger partial charge in [0.05, 0.1) is 12.6 Å². The monoisotopic (exact) mass is 424 g/mol. The Balaban J connectivity index is 1.55. The first kappa shape index (κ1) is 20.8. The van der Waals surface area contributed by atoms with Crippen LogP contribution in [0.4, 0.5) is 0 Å². The maximum atomic E-state index is 12.8. The number of aromatic nitrogens is 2. The fraction of sp³-hybridized carbons (Fsp3) is 0.120. The molecule has 0 aliphatic heterocycles. The van der Waals surface area contributed by atoms with Gasteiger partial charge in [0.2, 0.25) is 0 Å². The Morgan fingerprint density at radius 2 is 1.91 bits per heavy atom. The van der Waals surface area contributed by atoms with Crippen molar-refractivity contribution in [3.05, 3.63) is 89.4 Å². The fourth-order valence-electron chi connectivity index (χ4n) is 3.33. The van der Waals surface area contributed by atoms with Crippen LogP contribution in [0.15, 0.2) is 67.0 Å². The van der Waals surface area contributed by atoms with E-state index >= 15 is 0 Å². The highest BCUT2D eigenvalue weighted by Gasteiger charge is 2.14. The Hall–Kier alpha value is -4.44. The molecular weight excluding hydrogens is 404 g/mol. The summed E-state index contributed by atoms with van der Waals surface area (Å²) in [4.78, 5) is 21.1. The summed E-state index contributed by atoms with van der Waals surface area (Å²) in [6.07, 6.45) is 3.22. The zero-order chi connectivity index (χ0) is 22.5. The van der Waals surface area contributed by atoms with E-state index in [-0.39, 0.29) is 12.5 Å². The molecule has 0 aliphatic carbocycles. The lowest BCUT2D eigenvalue weighted by Crippen LogP contribution is -2.23. The van der Waals surface area contributed by atoms with Gasteiger partial charge in [-0.3, -0.25) is 9.78 Å². The third kappa shape index (κ3) is 4.35. The molecule has 0 radical (unpaired) electrons. The number of methoxy groups -OCH3 is 1. The maximum Gasteiger partial charge on any atom is 0.251 e.